The van der Waals surface area contributed by atoms with Gasteiger partial charge in [-0.2, -0.15) is 0 Å². The van der Waals surface area contributed by atoms with Crippen LogP contribution < -0.4 is 4.90 Å². The fraction of sp³-hybridized carbons (Fsp3) is 0.526. The summed E-state index contributed by atoms with van der Waals surface area (Å²) in [6, 6.07) is 6.42. The normalized spacial score (nSPS) is 27.4. The number of anilines is 1. The molecule has 0 aromatic carbocycles. The van der Waals surface area contributed by atoms with E-state index in [0.717, 1.165) is 35.9 Å². The van der Waals surface area contributed by atoms with Crippen LogP contribution in [0.5, 0.6) is 0 Å². The molecule has 0 N–H and O–H groups in total. The van der Waals surface area contributed by atoms with Crippen LogP contribution in [0.4, 0.5) is 5.82 Å². The molecule has 24 heavy (non-hydrogen) atoms. The topological polar surface area (TPSA) is 51.1 Å². The number of aryl methyl sites for hydroxylation is 1. The minimum absolute atomic E-state index is 0.144. The van der Waals surface area contributed by atoms with E-state index in [1.807, 2.05) is 19.1 Å². The molecule has 1 saturated carbocycles. The van der Waals surface area contributed by atoms with Gasteiger partial charge < -0.3 is 9.64 Å². The zero-order valence-corrected chi connectivity index (χ0v) is 14.7. The lowest BCUT2D eigenvalue weighted by Crippen LogP contribution is -2.66. The molecule has 5 heteroatoms. The van der Waals surface area contributed by atoms with E-state index in [1.165, 1.54) is 0 Å². The molecule has 0 spiro atoms. The molecule has 0 amide bonds. The molecule has 2 aromatic rings. The van der Waals surface area contributed by atoms with Crippen LogP contribution in [0.25, 0.3) is 11.4 Å². The Morgan fingerprint density at radius 2 is 1.96 bits per heavy atom. The quantitative estimate of drug-likeness (QED) is 0.868. The first kappa shape index (κ1) is 15.5. The third-order valence-electron chi connectivity index (χ3n) is 5.60. The van der Waals surface area contributed by atoms with E-state index in [0.29, 0.717) is 18.1 Å². The first-order chi connectivity index (χ1) is 11.5. The van der Waals surface area contributed by atoms with Gasteiger partial charge in [0.2, 0.25) is 0 Å². The summed E-state index contributed by atoms with van der Waals surface area (Å²) in [6.45, 7) is 7.52. The van der Waals surface area contributed by atoms with Crippen LogP contribution in [0.15, 0.2) is 30.6 Å². The summed E-state index contributed by atoms with van der Waals surface area (Å²) in [5.41, 5.74) is 2.12. The Labute approximate surface area is 143 Å². The molecule has 0 unspecified atom stereocenters. The Balaban J connectivity index is 1.68. The van der Waals surface area contributed by atoms with Gasteiger partial charge in [-0.15, -0.1) is 0 Å². The van der Waals surface area contributed by atoms with Crippen molar-refractivity contribution in [1.29, 1.82) is 0 Å². The smallest absolute Gasteiger partial charge is 0.161 e. The van der Waals surface area contributed by atoms with Crippen LogP contribution in [0.2, 0.25) is 0 Å². The number of rotatable bonds is 3. The van der Waals surface area contributed by atoms with E-state index in [4.69, 9.17) is 9.72 Å². The van der Waals surface area contributed by atoms with Gasteiger partial charge >= 0.3 is 0 Å². The lowest BCUT2D eigenvalue weighted by atomic mass is 9.57. The van der Waals surface area contributed by atoms with Gasteiger partial charge in [-0.3, -0.25) is 4.98 Å². The van der Waals surface area contributed by atoms with Crippen molar-refractivity contribution in [2.24, 2.45) is 11.3 Å². The van der Waals surface area contributed by atoms with E-state index in [1.54, 1.807) is 12.4 Å². The number of hydrogen-bond donors (Lipinski definition) is 0. The first-order valence-electron chi connectivity index (χ1n) is 8.59. The Morgan fingerprint density at radius 1 is 1.21 bits per heavy atom. The molecule has 0 bridgehead atoms. The fourth-order valence-electron chi connectivity index (χ4n) is 4.59. The summed E-state index contributed by atoms with van der Waals surface area (Å²) in [6.07, 6.45) is 5.08. The third-order valence-corrected chi connectivity index (χ3v) is 5.60. The van der Waals surface area contributed by atoms with Crippen molar-refractivity contribution >= 4 is 5.82 Å². The van der Waals surface area contributed by atoms with Crippen molar-refractivity contribution in [3.05, 3.63) is 36.3 Å². The largest absolute Gasteiger partial charge is 0.377 e. The van der Waals surface area contributed by atoms with Crippen molar-refractivity contribution in [3.8, 4) is 11.4 Å². The lowest BCUT2D eigenvalue weighted by molar-refractivity contribution is -0.101. The minimum Gasteiger partial charge on any atom is -0.377 e. The predicted molar refractivity (Wildman–Crippen MR) is 93.8 cm³/mol. The molecular formula is C19H24N4O. The summed E-state index contributed by atoms with van der Waals surface area (Å²) >= 11 is 0. The number of aromatic nitrogens is 3. The molecule has 1 saturated heterocycles. The summed E-state index contributed by atoms with van der Waals surface area (Å²) < 4.78 is 5.93. The van der Waals surface area contributed by atoms with E-state index in [-0.39, 0.29) is 5.41 Å². The van der Waals surface area contributed by atoms with Gasteiger partial charge in [0.1, 0.15) is 5.82 Å². The van der Waals surface area contributed by atoms with Gasteiger partial charge in [0.05, 0.1) is 6.10 Å². The monoisotopic (exact) mass is 324 g/mol. The van der Waals surface area contributed by atoms with Gasteiger partial charge in [-0.05, 0) is 25.5 Å². The highest BCUT2D eigenvalue weighted by Gasteiger charge is 2.61. The molecule has 2 aliphatic rings. The Bertz CT molecular complexity index is 746. The molecule has 1 aliphatic carbocycles. The SMILES string of the molecule is Cc1cc(N(C)[C@@H]2[C@H]3CCO[C@H]3C2(C)C)nc(-c2ccncc2)n1. The van der Waals surface area contributed by atoms with E-state index in [2.05, 4.69) is 41.8 Å². The molecule has 126 valence electrons. The molecule has 3 atom stereocenters. The zero-order valence-electron chi connectivity index (χ0n) is 14.7. The Kier molecular flexibility index (Phi) is 3.57. The molecule has 0 radical (unpaired) electrons. The van der Waals surface area contributed by atoms with E-state index >= 15 is 0 Å². The van der Waals surface area contributed by atoms with Crippen LogP contribution in [0.1, 0.15) is 26.0 Å². The van der Waals surface area contributed by atoms with Crippen molar-refractivity contribution < 1.29 is 4.74 Å². The van der Waals surface area contributed by atoms with E-state index < -0.39 is 0 Å². The number of pyridine rings is 1. The second-order valence-electron chi connectivity index (χ2n) is 7.55. The van der Waals surface area contributed by atoms with Crippen molar-refractivity contribution in [1.82, 2.24) is 15.0 Å². The van der Waals surface area contributed by atoms with Gasteiger partial charge in [-0.1, -0.05) is 13.8 Å². The predicted octanol–water partition coefficient (Wildman–Crippen LogP) is 3.10. The Hall–Kier alpha value is -2.01. The van der Waals surface area contributed by atoms with Crippen molar-refractivity contribution in [2.45, 2.75) is 39.3 Å². The maximum atomic E-state index is 5.93. The maximum absolute atomic E-state index is 5.93. The summed E-state index contributed by atoms with van der Waals surface area (Å²) in [5, 5.41) is 0. The lowest BCUT2D eigenvalue weighted by Gasteiger charge is -2.58. The van der Waals surface area contributed by atoms with E-state index in [9.17, 15) is 0 Å². The highest BCUT2D eigenvalue weighted by atomic mass is 16.5. The van der Waals surface area contributed by atoms with Crippen molar-refractivity contribution in [3.63, 3.8) is 0 Å². The van der Waals surface area contributed by atoms with Gasteiger partial charge in [0.15, 0.2) is 5.82 Å². The second kappa shape index (κ2) is 5.52. The van der Waals surface area contributed by atoms with Gasteiger partial charge in [0, 0.05) is 60.7 Å². The molecule has 1 aliphatic heterocycles. The number of nitrogens with zero attached hydrogens (tertiary/aromatic N) is 4. The highest BCUT2D eigenvalue weighted by molar-refractivity contribution is 5.57. The highest BCUT2D eigenvalue weighted by Crippen LogP contribution is 2.54. The average molecular weight is 324 g/mol. The van der Waals surface area contributed by atoms with Crippen LogP contribution in [0, 0.1) is 18.3 Å². The summed E-state index contributed by atoms with van der Waals surface area (Å²) in [4.78, 5) is 15.8. The zero-order chi connectivity index (χ0) is 16.9. The minimum atomic E-state index is 0.144. The fourth-order valence-corrected chi connectivity index (χ4v) is 4.59. The molecular weight excluding hydrogens is 300 g/mol. The molecule has 5 nitrogen and oxygen atoms in total. The van der Waals surface area contributed by atoms with Gasteiger partial charge in [-0.25, -0.2) is 9.97 Å². The molecule has 2 fully saturated rings. The average Bonchev–Trinajstić information content (AvgIpc) is 3.01. The number of hydrogen-bond acceptors (Lipinski definition) is 5. The first-order valence-corrected chi connectivity index (χ1v) is 8.59. The molecule has 4 rings (SSSR count). The van der Waals surface area contributed by atoms with Gasteiger partial charge in [0.25, 0.3) is 0 Å². The van der Waals surface area contributed by atoms with Crippen LogP contribution >= 0.6 is 0 Å². The van der Waals surface area contributed by atoms with Crippen LogP contribution in [-0.4, -0.2) is 40.8 Å². The van der Waals surface area contributed by atoms with Crippen LogP contribution in [-0.2, 0) is 4.74 Å². The molecule has 2 aromatic heterocycles. The second-order valence-corrected chi connectivity index (χ2v) is 7.55. The third kappa shape index (κ3) is 2.30. The Morgan fingerprint density at radius 3 is 2.71 bits per heavy atom. The maximum Gasteiger partial charge on any atom is 0.161 e. The summed E-state index contributed by atoms with van der Waals surface area (Å²) in [7, 11) is 2.15. The van der Waals surface area contributed by atoms with Crippen LogP contribution in [0.3, 0.4) is 0 Å². The number of fused-ring (bicyclic) bond motifs is 1. The van der Waals surface area contributed by atoms with Crippen molar-refractivity contribution in [2.75, 3.05) is 18.6 Å². The number of ether oxygens (including phenoxy) is 1. The molecule has 3 heterocycles. The summed E-state index contributed by atoms with van der Waals surface area (Å²) in [5.74, 6) is 2.35. The standard InChI is InChI=1S/C19H24N4O/c1-12-11-15(22-18(21-12)13-5-8-20-9-6-13)23(4)16-14-7-10-24-17(14)19(16,2)3/h5-6,8-9,11,14,16-17H,7,10H2,1-4H3/t14-,16-,17-/m1/s1.